The van der Waals surface area contributed by atoms with E-state index in [0.29, 0.717) is 18.8 Å². The van der Waals surface area contributed by atoms with E-state index in [-0.39, 0.29) is 4.90 Å². The van der Waals surface area contributed by atoms with Crippen molar-refractivity contribution in [1.29, 1.82) is 0 Å². The van der Waals surface area contributed by atoms with Crippen molar-refractivity contribution < 1.29 is 17.2 Å². The Morgan fingerprint density at radius 1 is 1.15 bits per heavy atom. The van der Waals surface area contributed by atoms with Gasteiger partial charge in [0.2, 0.25) is 9.84 Å². The Bertz CT molecular complexity index is 555. The molecule has 112 valence electrons. The van der Waals surface area contributed by atoms with E-state index in [1.54, 1.807) is 12.1 Å². The summed E-state index contributed by atoms with van der Waals surface area (Å²) in [6.07, 6.45) is 0. The summed E-state index contributed by atoms with van der Waals surface area (Å²) >= 11 is 0. The SMILES string of the molecule is CCN1CCN(c2ccccc2S(=O)(=O)C(F)F)CC1. The Labute approximate surface area is 117 Å². The summed E-state index contributed by atoms with van der Waals surface area (Å²) in [5.74, 6) is -3.39. The van der Waals surface area contributed by atoms with Gasteiger partial charge in [-0.2, -0.15) is 8.78 Å². The van der Waals surface area contributed by atoms with Crippen molar-refractivity contribution in [2.24, 2.45) is 0 Å². The molecule has 1 fully saturated rings. The van der Waals surface area contributed by atoms with Gasteiger partial charge in [-0.3, -0.25) is 0 Å². The lowest BCUT2D eigenvalue weighted by molar-refractivity contribution is 0.234. The number of halogens is 2. The molecule has 0 amide bonds. The fourth-order valence-corrected chi connectivity index (χ4v) is 3.31. The number of nitrogens with zero attached hydrogens (tertiary/aromatic N) is 2. The lowest BCUT2D eigenvalue weighted by Crippen LogP contribution is -2.46. The average Bonchev–Trinajstić information content (AvgIpc) is 2.47. The van der Waals surface area contributed by atoms with Crippen molar-refractivity contribution in [2.45, 2.75) is 17.6 Å². The van der Waals surface area contributed by atoms with Crippen LogP contribution in [-0.2, 0) is 9.84 Å². The number of alkyl halides is 2. The van der Waals surface area contributed by atoms with Crippen LogP contribution in [0.2, 0.25) is 0 Å². The number of rotatable bonds is 4. The molecule has 2 rings (SSSR count). The summed E-state index contributed by atoms with van der Waals surface area (Å²) in [6.45, 7) is 5.89. The van der Waals surface area contributed by atoms with E-state index in [9.17, 15) is 17.2 Å². The first-order chi connectivity index (χ1) is 9.46. The third-order valence-corrected chi connectivity index (χ3v) is 4.99. The third kappa shape index (κ3) is 2.93. The monoisotopic (exact) mass is 304 g/mol. The summed E-state index contributed by atoms with van der Waals surface area (Å²) in [5, 5.41) is 0. The average molecular weight is 304 g/mol. The lowest BCUT2D eigenvalue weighted by atomic mass is 10.2. The molecule has 1 heterocycles. The number of piperazine rings is 1. The minimum Gasteiger partial charge on any atom is -0.368 e. The molecule has 0 saturated carbocycles. The Hall–Kier alpha value is -1.21. The first kappa shape index (κ1) is 15.2. The molecule has 0 radical (unpaired) electrons. The molecular formula is C13H18F2N2O2S. The van der Waals surface area contributed by atoms with Crippen molar-refractivity contribution in [3.8, 4) is 0 Å². The Kier molecular flexibility index (Phi) is 4.59. The van der Waals surface area contributed by atoms with Crippen LogP contribution < -0.4 is 4.90 Å². The lowest BCUT2D eigenvalue weighted by Gasteiger charge is -2.36. The predicted octanol–water partition coefficient (Wildman–Crippen LogP) is 1.82. The normalized spacial score (nSPS) is 17.7. The number of para-hydroxylation sites is 1. The molecule has 0 aliphatic carbocycles. The maximum Gasteiger partial charge on any atom is 0.341 e. The van der Waals surface area contributed by atoms with Gasteiger partial charge in [0.15, 0.2) is 0 Å². The zero-order valence-corrected chi connectivity index (χ0v) is 12.1. The van der Waals surface area contributed by atoms with Crippen LogP contribution in [0.1, 0.15) is 6.92 Å². The van der Waals surface area contributed by atoms with E-state index in [1.807, 2.05) is 4.90 Å². The van der Waals surface area contributed by atoms with Crippen molar-refractivity contribution in [3.05, 3.63) is 24.3 Å². The van der Waals surface area contributed by atoms with Crippen LogP contribution >= 0.6 is 0 Å². The van der Waals surface area contributed by atoms with Crippen LogP contribution in [0.15, 0.2) is 29.2 Å². The van der Waals surface area contributed by atoms with E-state index < -0.39 is 15.6 Å². The van der Waals surface area contributed by atoms with Gasteiger partial charge in [0.25, 0.3) is 0 Å². The summed E-state index contributed by atoms with van der Waals surface area (Å²) < 4.78 is 49.0. The van der Waals surface area contributed by atoms with Crippen LogP contribution in [-0.4, -0.2) is 51.8 Å². The predicted molar refractivity (Wildman–Crippen MR) is 74.0 cm³/mol. The van der Waals surface area contributed by atoms with Gasteiger partial charge in [-0.25, -0.2) is 8.42 Å². The zero-order chi connectivity index (χ0) is 14.8. The van der Waals surface area contributed by atoms with Gasteiger partial charge in [-0.1, -0.05) is 19.1 Å². The van der Waals surface area contributed by atoms with Gasteiger partial charge in [-0.05, 0) is 18.7 Å². The van der Waals surface area contributed by atoms with Gasteiger partial charge >= 0.3 is 5.76 Å². The largest absolute Gasteiger partial charge is 0.368 e. The maximum absolute atomic E-state index is 12.7. The first-order valence-corrected chi connectivity index (χ1v) is 8.10. The van der Waals surface area contributed by atoms with Gasteiger partial charge in [-0.15, -0.1) is 0 Å². The number of anilines is 1. The fraction of sp³-hybridized carbons (Fsp3) is 0.538. The minimum atomic E-state index is -4.56. The third-order valence-electron chi connectivity index (χ3n) is 3.57. The van der Waals surface area contributed by atoms with Crippen molar-refractivity contribution in [1.82, 2.24) is 4.90 Å². The highest BCUT2D eigenvalue weighted by molar-refractivity contribution is 7.91. The number of hydrogen-bond acceptors (Lipinski definition) is 4. The highest BCUT2D eigenvalue weighted by atomic mass is 32.2. The molecule has 1 aliphatic heterocycles. The molecule has 7 heteroatoms. The van der Waals surface area contributed by atoms with E-state index in [4.69, 9.17) is 0 Å². The molecule has 0 atom stereocenters. The molecule has 1 aromatic carbocycles. The molecule has 0 N–H and O–H groups in total. The highest BCUT2D eigenvalue weighted by Gasteiger charge is 2.31. The van der Waals surface area contributed by atoms with Gasteiger partial charge in [0.1, 0.15) is 0 Å². The molecule has 1 aliphatic rings. The topological polar surface area (TPSA) is 40.6 Å². The molecule has 1 saturated heterocycles. The molecule has 0 spiro atoms. The van der Waals surface area contributed by atoms with E-state index in [0.717, 1.165) is 19.6 Å². The molecular weight excluding hydrogens is 286 g/mol. The molecule has 0 unspecified atom stereocenters. The molecule has 1 aromatic rings. The number of benzene rings is 1. The van der Waals surface area contributed by atoms with Crippen molar-refractivity contribution in [2.75, 3.05) is 37.6 Å². The Balaban J connectivity index is 2.30. The number of hydrogen-bond donors (Lipinski definition) is 0. The Morgan fingerprint density at radius 2 is 1.75 bits per heavy atom. The summed E-state index contributed by atoms with van der Waals surface area (Å²) in [6, 6.07) is 5.99. The number of likely N-dealkylation sites (N-methyl/N-ethyl adjacent to an activating group) is 1. The van der Waals surface area contributed by atoms with E-state index in [1.165, 1.54) is 12.1 Å². The van der Waals surface area contributed by atoms with Gasteiger partial charge < -0.3 is 9.80 Å². The van der Waals surface area contributed by atoms with Crippen molar-refractivity contribution in [3.63, 3.8) is 0 Å². The Morgan fingerprint density at radius 3 is 2.30 bits per heavy atom. The standard InChI is InChI=1S/C13H18F2N2O2S/c1-2-16-7-9-17(10-8-16)11-5-3-4-6-12(11)20(18,19)13(14)15/h3-6,13H,2,7-10H2,1H3. The number of sulfone groups is 1. The smallest absolute Gasteiger partial charge is 0.341 e. The van der Waals surface area contributed by atoms with Gasteiger partial charge in [0.05, 0.1) is 10.6 Å². The van der Waals surface area contributed by atoms with Crippen LogP contribution in [0.3, 0.4) is 0 Å². The zero-order valence-electron chi connectivity index (χ0n) is 11.3. The summed E-state index contributed by atoms with van der Waals surface area (Å²) in [5.41, 5.74) is 0.378. The van der Waals surface area contributed by atoms with Crippen LogP contribution in [0, 0.1) is 0 Å². The van der Waals surface area contributed by atoms with Crippen molar-refractivity contribution >= 4 is 15.5 Å². The molecule has 0 bridgehead atoms. The highest BCUT2D eigenvalue weighted by Crippen LogP contribution is 2.29. The summed E-state index contributed by atoms with van der Waals surface area (Å²) in [7, 11) is -4.56. The van der Waals surface area contributed by atoms with Crippen LogP contribution in [0.25, 0.3) is 0 Å². The molecule has 0 aromatic heterocycles. The quantitative estimate of drug-likeness (QED) is 0.851. The van der Waals surface area contributed by atoms with E-state index >= 15 is 0 Å². The maximum atomic E-state index is 12.7. The fourth-order valence-electron chi connectivity index (χ4n) is 2.36. The second-order valence-electron chi connectivity index (χ2n) is 4.69. The summed E-state index contributed by atoms with van der Waals surface area (Å²) in [4.78, 5) is 3.82. The minimum absolute atomic E-state index is 0.278. The second-order valence-corrected chi connectivity index (χ2v) is 6.58. The second kappa shape index (κ2) is 6.05. The molecule has 4 nitrogen and oxygen atoms in total. The van der Waals surface area contributed by atoms with Crippen LogP contribution in [0.5, 0.6) is 0 Å². The van der Waals surface area contributed by atoms with E-state index in [2.05, 4.69) is 11.8 Å². The van der Waals surface area contributed by atoms with Gasteiger partial charge in [0, 0.05) is 26.2 Å². The molecule has 20 heavy (non-hydrogen) atoms. The first-order valence-electron chi connectivity index (χ1n) is 6.55. The van der Waals surface area contributed by atoms with Crippen LogP contribution in [0.4, 0.5) is 14.5 Å².